The lowest BCUT2D eigenvalue weighted by molar-refractivity contribution is -0.143. The number of nitrogens with two attached hydrogens (primary N) is 1. The molecule has 0 unspecified atom stereocenters. The van der Waals surface area contributed by atoms with E-state index in [1.165, 1.54) is 11.9 Å². The molecule has 0 aliphatic carbocycles. The van der Waals surface area contributed by atoms with Gasteiger partial charge in [0.1, 0.15) is 13.2 Å². The lowest BCUT2D eigenvalue weighted by atomic mass is 10.6. The summed E-state index contributed by atoms with van der Waals surface area (Å²) in [5, 5.41) is 0. The lowest BCUT2D eigenvalue weighted by Crippen LogP contribution is -2.21. The van der Waals surface area contributed by atoms with E-state index in [1.54, 1.807) is 0 Å². The maximum Gasteiger partial charge on any atom is 0.320 e. The molecule has 0 rings (SSSR count). The molecular weight excluding hydrogens is 192 g/mol. The molecule has 13 heavy (non-hydrogen) atoms. The Bertz CT molecular complexity index is 135. The maximum absolute atomic E-state index is 10.9. The second kappa shape index (κ2) is 9.79. The van der Waals surface area contributed by atoms with E-state index >= 15 is 0 Å². The van der Waals surface area contributed by atoms with Crippen LogP contribution in [0, 0.1) is 0 Å². The highest BCUT2D eigenvalue weighted by atomic mass is 32.2. The fourth-order valence-corrected chi connectivity index (χ4v) is 0.844. The summed E-state index contributed by atoms with van der Waals surface area (Å²) in [5.41, 5.74) is 5.19. The average Bonchev–Trinajstić information content (AvgIpc) is 2.14. The summed E-state index contributed by atoms with van der Waals surface area (Å²) in [6.45, 7) is 1.90. The average molecular weight is 208 g/mol. The number of rotatable bonds is 8. The van der Waals surface area contributed by atoms with Gasteiger partial charge in [0.25, 0.3) is 0 Å². The quantitative estimate of drug-likeness (QED) is 0.314. The van der Waals surface area contributed by atoms with Crippen molar-refractivity contribution in [1.82, 2.24) is 4.72 Å². The minimum Gasteiger partial charge on any atom is -0.462 e. The van der Waals surface area contributed by atoms with Crippen LogP contribution in [-0.4, -0.2) is 45.1 Å². The van der Waals surface area contributed by atoms with E-state index in [0.717, 1.165) is 0 Å². The van der Waals surface area contributed by atoms with Crippen LogP contribution in [0.5, 0.6) is 0 Å². The van der Waals surface area contributed by atoms with Crippen LogP contribution in [0.15, 0.2) is 0 Å². The largest absolute Gasteiger partial charge is 0.462 e. The van der Waals surface area contributed by atoms with Crippen molar-refractivity contribution in [3.05, 3.63) is 0 Å². The molecule has 3 N–H and O–H groups in total. The smallest absolute Gasteiger partial charge is 0.320 e. The number of nitrogens with one attached hydrogen (secondary N) is 1. The van der Waals surface area contributed by atoms with Gasteiger partial charge in [-0.25, -0.2) is 0 Å². The Labute approximate surface area is 82.5 Å². The van der Waals surface area contributed by atoms with Crippen LogP contribution in [0.1, 0.15) is 0 Å². The molecule has 6 heteroatoms. The molecule has 0 aromatic carbocycles. The number of carbonyl (C=O) groups is 1. The van der Waals surface area contributed by atoms with E-state index in [1.807, 2.05) is 6.26 Å². The van der Waals surface area contributed by atoms with Crippen LogP contribution in [0.25, 0.3) is 0 Å². The molecule has 0 radical (unpaired) electrons. The summed E-state index contributed by atoms with van der Waals surface area (Å²) >= 11 is 1.38. The number of esters is 1. The normalized spacial score (nSPS) is 10.0. The van der Waals surface area contributed by atoms with Gasteiger partial charge < -0.3 is 15.2 Å². The first-order valence-electron chi connectivity index (χ1n) is 4.00. The van der Waals surface area contributed by atoms with Gasteiger partial charge in [-0.2, -0.15) is 0 Å². The second-order valence-electron chi connectivity index (χ2n) is 2.15. The molecule has 0 aliphatic rings. The van der Waals surface area contributed by atoms with Gasteiger partial charge in [-0.1, -0.05) is 11.9 Å². The molecule has 0 aromatic heterocycles. The first-order chi connectivity index (χ1) is 6.31. The molecule has 0 saturated carbocycles. The minimum atomic E-state index is -0.273. The van der Waals surface area contributed by atoms with Crippen molar-refractivity contribution in [1.29, 1.82) is 0 Å². The third-order valence-corrected chi connectivity index (χ3v) is 1.55. The number of carbonyl (C=O) groups excluding carboxylic acids is 1. The van der Waals surface area contributed by atoms with Crippen molar-refractivity contribution in [2.24, 2.45) is 5.73 Å². The predicted octanol–water partition coefficient (Wildman–Crippen LogP) is -0.627. The van der Waals surface area contributed by atoms with Crippen LogP contribution in [0.2, 0.25) is 0 Å². The molecular formula is C7H16N2O3S. The summed E-state index contributed by atoms with van der Waals surface area (Å²) in [5.74, 6) is -0.273. The highest BCUT2D eigenvalue weighted by Crippen LogP contribution is 1.83. The highest BCUT2D eigenvalue weighted by molar-refractivity contribution is 7.96. The van der Waals surface area contributed by atoms with Crippen molar-refractivity contribution in [2.75, 3.05) is 39.2 Å². The topological polar surface area (TPSA) is 73.6 Å². The fourth-order valence-electron chi connectivity index (χ4n) is 0.582. The summed E-state index contributed by atoms with van der Waals surface area (Å²) in [6, 6.07) is 0. The Morgan fingerprint density at radius 1 is 1.46 bits per heavy atom. The lowest BCUT2D eigenvalue weighted by Gasteiger charge is -2.04. The van der Waals surface area contributed by atoms with E-state index < -0.39 is 0 Å². The highest BCUT2D eigenvalue weighted by Gasteiger charge is 1.99. The van der Waals surface area contributed by atoms with E-state index in [9.17, 15) is 4.79 Å². The van der Waals surface area contributed by atoms with Gasteiger partial charge in [-0.15, -0.1) is 0 Å². The van der Waals surface area contributed by atoms with Crippen molar-refractivity contribution in [3.63, 3.8) is 0 Å². The third kappa shape index (κ3) is 9.62. The summed E-state index contributed by atoms with van der Waals surface area (Å²) in [6.07, 6.45) is 1.84. The molecule has 0 fully saturated rings. The number of hydrogen-bond acceptors (Lipinski definition) is 6. The van der Waals surface area contributed by atoms with Crippen LogP contribution in [0.4, 0.5) is 0 Å². The monoisotopic (exact) mass is 208 g/mol. The van der Waals surface area contributed by atoms with Crippen LogP contribution < -0.4 is 10.5 Å². The maximum atomic E-state index is 10.9. The molecule has 0 spiro atoms. The van der Waals surface area contributed by atoms with E-state index in [-0.39, 0.29) is 19.1 Å². The molecule has 0 atom stereocenters. The zero-order chi connectivity index (χ0) is 9.94. The molecule has 0 saturated heterocycles. The van der Waals surface area contributed by atoms with Gasteiger partial charge in [-0.05, 0) is 6.26 Å². The van der Waals surface area contributed by atoms with Gasteiger partial charge in [0.15, 0.2) is 0 Å². The Morgan fingerprint density at radius 3 is 2.85 bits per heavy atom. The molecule has 0 bridgehead atoms. The van der Waals surface area contributed by atoms with Gasteiger partial charge in [0.05, 0.1) is 13.2 Å². The molecule has 0 amide bonds. The molecule has 78 valence electrons. The molecule has 0 heterocycles. The predicted molar refractivity (Wildman–Crippen MR) is 52.4 cm³/mol. The Morgan fingerprint density at radius 2 is 2.23 bits per heavy atom. The second-order valence-corrected chi connectivity index (χ2v) is 2.84. The minimum absolute atomic E-state index is 0.220. The Hall–Kier alpha value is -0.300. The molecule has 5 nitrogen and oxygen atoms in total. The first-order valence-corrected chi connectivity index (χ1v) is 5.23. The molecule has 0 aromatic rings. The van der Waals surface area contributed by atoms with E-state index in [4.69, 9.17) is 15.2 Å². The SMILES string of the molecule is CSNCC(=O)OCCOCCN. The van der Waals surface area contributed by atoms with Crippen LogP contribution in [-0.2, 0) is 14.3 Å². The van der Waals surface area contributed by atoms with Gasteiger partial charge in [-0.3, -0.25) is 9.52 Å². The van der Waals surface area contributed by atoms with Crippen molar-refractivity contribution in [3.8, 4) is 0 Å². The van der Waals surface area contributed by atoms with E-state index in [0.29, 0.717) is 19.8 Å². The third-order valence-electron chi connectivity index (χ3n) is 1.11. The zero-order valence-electron chi connectivity index (χ0n) is 7.75. The van der Waals surface area contributed by atoms with Crippen LogP contribution in [0.3, 0.4) is 0 Å². The van der Waals surface area contributed by atoms with Crippen LogP contribution >= 0.6 is 11.9 Å². The Balaban J connectivity index is 3.08. The van der Waals surface area contributed by atoms with Gasteiger partial charge >= 0.3 is 5.97 Å². The summed E-state index contributed by atoms with van der Waals surface area (Å²) in [4.78, 5) is 10.9. The number of ether oxygens (including phenoxy) is 2. The summed E-state index contributed by atoms with van der Waals surface area (Å²) < 4.78 is 12.6. The zero-order valence-corrected chi connectivity index (χ0v) is 8.56. The molecule has 0 aliphatic heterocycles. The van der Waals surface area contributed by atoms with Gasteiger partial charge in [0, 0.05) is 6.54 Å². The fraction of sp³-hybridized carbons (Fsp3) is 0.857. The van der Waals surface area contributed by atoms with E-state index in [2.05, 4.69) is 4.72 Å². The first kappa shape index (κ1) is 12.7. The standard InChI is InChI=1S/C7H16N2O3S/c1-13-9-6-7(10)12-5-4-11-3-2-8/h9H,2-6,8H2,1H3. The van der Waals surface area contributed by atoms with Gasteiger partial charge in [0.2, 0.25) is 0 Å². The summed E-state index contributed by atoms with van der Waals surface area (Å²) in [7, 11) is 0. The van der Waals surface area contributed by atoms with Crippen molar-refractivity contribution < 1.29 is 14.3 Å². The van der Waals surface area contributed by atoms with Crippen molar-refractivity contribution in [2.45, 2.75) is 0 Å². The van der Waals surface area contributed by atoms with Crippen molar-refractivity contribution >= 4 is 17.9 Å². The number of hydrogen-bond donors (Lipinski definition) is 2. The Kier molecular flexibility index (Phi) is 9.56.